The molecule has 66 valence electrons. The second-order valence-corrected chi connectivity index (χ2v) is 1.93. The highest BCUT2D eigenvalue weighted by atomic mass is 16.5. The van der Waals surface area contributed by atoms with Gasteiger partial charge in [0.2, 0.25) is 0 Å². The van der Waals surface area contributed by atoms with Crippen molar-refractivity contribution in [3.8, 4) is 0 Å². The van der Waals surface area contributed by atoms with E-state index in [9.17, 15) is 4.79 Å². The van der Waals surface area contributed by atoms with Crippen molar-refractivity contribution in [2.45, 2.75) is 6.42 Å². The lowest BCUT2D eigenvalue weighted by Crippen LogP contribution is -2.04. The molecule has 0 unspecified atom stereocenters. The van der Waals surface area contributed by atoms with E-state index in [2.05, 4.69) is 24.5 Å². The third-order valence-corrected chi connectivity index (χ3v) is 1.04. The average Bonchev–Trinajstić information content (AvgIpc) is 2.04. The quantitative estimate of drug-likeness (QED) is 0.344. The van der Waals surface area contributed by atoms with Crippen LogP contribution >= 0.6 is 0 Å². The van der Waals surface area contributed by atoms with E-state index < -0.39 is 0 Å². The van der Waals surface area contributed by atoms with E-state index in [4.69, 9.17) is 4.74 Å². The Morgan fingerprint density at radius 3 is 2.58 bits per heavy atom. The molecule has 0 atom stereocenters. The van der Waals surface area contributed by atoms with Gasteiger partial charge in [0.05, 0.1) is 19.3 Å². The maximum Gasteiger partial charge on any atom is 0.314 e. The zero-order valence-corrected chi connectivity index (χ0v) is 6.91. The molecule has 0 aromatic heterocycles. The van der Waals surface area contributed by atoms with Gasteiger partial charge in [0.25, 0.3) is 0 Å². The molecule has 0 spiro atoms. The zero-order valence-electron chi connectivity index (χ0n) is 6.91. The second kappa shape index (κ2) is 6.22. The molecular formula is C9H12O3. The zero-order chi connectivity index (χ0) is 9.40. The summed E-state index contributed by atoms with van der Waals surface area (Å²) in [5.41, 5.74) is 0. The van der Waals surface area contributed by atoms with E-state index in [1.165, 1.54) is 6.08 Å². The first kappa shape index (κ1) is 10.5. The predicted octanol–water partition coefficient (Wildman–Crippen LogP) is 1.78. The van der Waals surface area contributed by atoms with Gasteiger partial charge in [0.15, 0.2) is 0 Å². The highest BCUT2D eigenvalue weighted by Crippen LogP contribution is 1.96. The first-order valence-corrected chi connectivity index (χ1v) is 3.45. The van der Waals surface area contributed by atoms with Crippen LogP contribution in [-0.2, 0) is 14.3 Å². The van der Waals surface area contributed by atoms with E-state index in [1.807, 2.05) is 0 Å². The molecule has 0 N–H and O–H groups in total. The molecule has 0 saturated heterocycles. The van der Waals surface area contributed by atoms with Crippen molar-refractivity contribution >= 4 is 5.97 Å². The molecule has 3 nitrogen and oxygen atoms in total. The summed E-state index contributed by atoms with van der Waals surface area (Å²) in [6, 6.07) is 0. The van der Waals surface area contributed by atoms with Crippen LogP contribution in [0.5, 0.6) is 0 Å². The fraction of sp³-hybridized carbons (Fsp3) is 0.222. The van der Waals surface area contributed by atoms with Crippen LogP contribution in [-0.4, -0.2) is 12.6 Å². The first-order chi connectivity index (χ1) is 5.70. The summed E-state index contributed by atoms with van der Waals surface area (Å²) < 4.78 is 9.41. The molecule has 0 heterocycles. The summed E-state index contributed by atoms with van der Waals surface area (Å²) in [4.78, 5) is 10.7. The van der Waals surface area contributed by atoms with Gasteiger partial charge in [-0.3, -0.25) is 4.79 Å². The number of allylic oxidation sites excluding steroid dienone is 1. The number of ether oxygens (including phenoxy) is 2. The largest absolute Gasteiger partial charge is 0.494 e. The molecule has 3 heteroatoms. The van der Waals surface area contributed by atoms with Crippen LogP contribution < -0.4 is 0 Å². The van der Waals surface area contributed by atoms with E-state index in [1.54, 1.807) is 0 Å². The maximum atomic E-state index is 10.7. The van der Waals surface area contributed by atoms with Gasteiger partial charge in [-0.15, -0.1) is 0 Å². The van der Waals surface area contributed by atoms with Crippen LogP contribution in [0.15, 0.2) is 37.8 Å². The molecular weight excluding hydrogens is 156 g/mol. The van der Waals surface area contributed by atoms with Crippen molar-refractivity contribution < 1.29 is 14.3 Å². The maximum absolute atomic E-state index is 10.7. The van der Waals surface area contributed by atoms with Crippen LogP contribution in [0, 0.1) is 0 Å². The molecule has 0 saturated carbocycles. The number of hydrogen-bond donors (Lipinski definition) is 0. The lowest BCUT2D eigenvalue weighted by atomic mass is 10.4. The van der Waals surface area contributed by atoms with Gasteiger partial charge in [0.1, 0.15) is 5.76 Å². The third kappa shape index (κ3) is 5.29. The summed E-state index contributed by atoms with van der Waals surface area (Å²) >= 11 is 0. The third-order valence-electron chi connectivity index (χ3n) is 1.04. The Kier molecular flexibility index (Phi) is 5.43. The number of hydrogen-bond acceptors (Lipinski definition) is 3. The van der Waals surface area contributed by atoms with Crippen molar-refractivity contribution in [3.05, 3.63) is 37.8 Å². The Hall–Kier alpha value is -1.51. The van der Waals surface area contributed by atoms with Gasteiger partial charge in [-0.2, -0.15) is 0 Å². The molecule has 12 heavy (non-hydrogen) atoms. The Balaban J connectivity index is 3.42. The molecule has 0 radical (unpaired) electrons. The SMILES string of the molecule is C=COC(=O)CCOC(=C)C=C. The molecule has 0 aliphatic rings. The number of esters is 1. The van der Waals surface area contributed by atoms with Crippen LogP contribution in [0.2, 0.25) is 0 Å². The molecule has 0 fully saturated rings. The second-order valence-electron chi connectivity index (χ2n) is 1.93. The van der Waals surface area contributed by atoms with Gasteiger partial charge in [0, 0.05) is 0 Å². The summed E-state index contributed by atoms with van der Waals surface area (Å²) in [5.74, 6) is 0.0725. The molecule has 0 aromatic rings. The number of rotatable bonds is 6. The lowest BCUT2D eigenvalue weighted by molar-refractivity contribution is -0.138. The van der Waals surface area contributed by atoms with E-state index >= 15 is 0 Å². The first-order valence-electron chi connectivity index (χ1n) is 3.45. The van der Waals surface area contributed by atoms with E-state index in [0.29, 0.717) is 5.76 Å². The van der Waals surface area contributed by atoms with Gasteiger partial charge in [-0.25, -0.2) is 0 Å². The molecule has 0 amide bonds. The van der Waals surface area contributed by atoms with Crippen LogP contribution in [0.3, 0.4) is 0 Å². The Morgan fingerprint density at radius 1 is 1.42 bits per heavy atom. The summed E-state index contributed by atoms with van der Waals surface area (Å²) in [5, 5.41) is 0. The fourth-order valence-corrected chi connectivity index (χ4v) is 0.476. The van der Waals surface area contributed by atoms with Gasteiger partial charge in [-0.1, -0.05) is 19.7 Å². The van der Waals surface area contributed by atoms with Crippen molar-refractivity contribution in [1.82, 2.24) is 0 Å². The molecule has 0 aliphatic carbocycles. The van der Waals surface area contributed by atoms with Crippen molar-refractivity contribution in [2.75, 3.05) is 6.61 Å². The number of carbonyl (C=O) groups is 1. The van der Waals surface area contributed by atoms with Crippen molar-refractivity contribution in [3.63, 3.8) is 0 Å². The summed E-state index contributed by atoms with van der Waals surface area (Å²) in [6.45, 7) is 10.4. The van der Waals surface area contributed by atoms with E-state index in [-0.39, 0.29) is 19.0 Å². The minimum absolute atomic E-state index is 0.179. The van der Waals surface area contributed by atoms with Gasteiger partial charge in [-0.05, 0) is 6.08 Å². The summed E-state index contributed by atoms with van der Waals surface area (Å²) in [6.07, 6.45) is 2.74. The highest BCUT2D eigenvalue weighted by molar-refractivity contribution is 5.70. The van der Waals surface area contributed by atoms with Gasteiger partial charge >= 0.3 is 5.97 Å². The van der Waals surface area contributed by atoms with Gasteiger partial charge < -0.3 is 9.47 Å². The van der Waals surface area contributed by atoms with Crippen LogP contribution in [0.25, 0.3) is 0 Å². The number of carbonyl (C=O) groups excluding carboxylic acids is 1. The molecule has 0 rings (SSSR count). The highest BCUT2D eigenvalue weighted by Gasteiger charge is 1.99. The van der Waals surface area contributed by atoms with Crippen LogP contribution in [0.1, 0.15) is 6.42 Å². The van der Waals surface area contributed by atoms with Crippen molar-refractivity contribution in [2.24, 2.45) is 0 Å². The fourth-order valence-electron chi connectivity index (χ4n) is 0.476. The average molecular weight is 168 g/mol. The van der Waals surface area contributed by atoms with Crippen molar-refractivity contribution in [1.29, 1.82) is 0 Å². The van der Waals surface area contributed by atoms with Crippen LogP contribution in [0.4, 0.5) is 0 Å². The summed E-state index contributed by atoms with van der Waals surface area (Å²) in [7, 11) is 0. The van der Waals surface area contributed by atoms with E-state index in [0.717, 1.165) is 6.26 Å². The Labute approximate surface area is 72.0 Å². The lowest BCUT2D eigenvalue weighted by Gasteiger charge is -2.03. The topological polar surface area (TPSA) is 35.5 Å². The molecule has 0 aliphatic heterocycles. The Bertz CT molecular complexity index is 194. The smallest absolute Gasteiger partial charge is 0.314 e. The predicted molar refractivity (Wildman–Crippen MR) is 46.2 cm³/mol. The molecule has 0 bridgehead atoms. The normalized spacial score (nSPS) is 8.33. The molecule has 0 aromatic carbocycles. The standard InChI is InChI=1S/C9H12O3/c1-4-8(3)12-7-6-9(10)11-5-2/h4-5H,1-3,6-7H2. The minimum atomic E-state index is -0.373. The Morgan fingerprint density at radius 2 is 2.08 bits per heavy atom. The minimum Gasteiger partial charge on any atom is -0.494 e. The monoisotopic (exact) mass is 168 g/mol.